The molecule has 0 fully saturated rings. The van der Waals surface area contributed by atoms with Crippen molar-refractivity contribution in [2.45, 2.75) is 20.8 Å². The second-order valence-corrected chi connectivity index (χ2v) is 4.96. The van der Waals surface area contributed by atoms with Gasteiger partial charge in [0.15, 0.2) is 11.5 Å². The zero-order chi connectivity index (χ0) is 16.4. The molecule has 0 unspecified atom stereocenters. The van der Waals surface area contributed by atoms with Gasteiger partial charge in [-0.1, -0.05) is 12.1 Å². The highest BCUT2D eigenvalue weighted by molar-refractivity contribution is 5.87. The molecule has 0 aliphatic heterocycles. The summed E-state index contributed by atoms with van der Waals surface area (Å²) in [7, 11) is 0. The molecule has 0 bridgehead atoms. The van der Waals surface area contributed by atoms with Crippen molar-refractivity contribution in [1.29, 1.82) is 0 Å². The molecule has 0 amide bonds. The second kappa shape index (κ2) is 6.04. The Labute approximate surface area is 132 Å². The first-order chi connectivity index (χ1) is 11.1. The maximum Gasteiger partial charge on any atom is 0.383 e. The molecule has 118 valence electrons. The molecule has 2 heterocycles. The molecule has 0 aliphatic carbocycles. The third-order valence-electron chi connectivity index (χ3n) is 3.15. The molecule has 0 spiro atoms. The van der Waals surface area contributed by atoms with E-state index in [-0.39, 0.29) is 5.82 Å². The van der Waals surface area contributed by atoms with Crippen LogP contribution in [0.3, 0.4) is 0 Å². The summed E-state index contributed by atoms with van der Waals surface area (Å²) in [6, 6.07) is 8.82. The lowest BCUT2D eigenvalue weighted by Gasteiger charge is -2.08. The van der Waals surface area contributed by atoms with Gasteiger partial charge in [0.2, 0.25) is 0 Å². The van der Waals surface area contributed by atoms with Crippen LogP contribution in [0.1, 0.15) is 28.9 Å². The third-order valence-corrected chi connectivity index (χ3v) is 3.15. The lowest BCUT2D eigenvalue weighted by Crippen LogP contribution is -2.12. The minimum atomic E-state index is -0.653. The molecule has 0 atom stereocenters. The Morgan fingerprint density at radius 3 is 2.65 bits per heavy atom. The number of aryl methyl sites for hydroxylation is 2. The van der Waals surface area contributed by atoms with Crippen molar-refractivity contribution in [2.75, 3.05) is 6.61 Å². The van der Waals surface area contributed by atoms with Crippen LogP contribution in [0, 0.1) is 13.8 Å². The Balaban J connectivity index is 1.91. The van der Waals surface area contributed by atoms with E-state index in [4.69, 9.17) is 9.47 Å². The Hall–Kier alpha value is -2.96. The van der Waals surface area contributed by atoms with E-state index in [9.17, 15) is 4.79 Å². The maximum atomic E-state index is 12.3. The Kier molecular flexibility index (Phi) is 3.92. The first-order valence-corrected chi connectivity index (χ1v) is 7.23. The lowest BCUT2D eigenvalue weighted by atomic mass is 10.3. The normalized spacial score (nSPS) is 10.7. The fraction of sp³-hybridized carbons (Fsp3) is 0.250. The van der Waals surface area contributed by atoms with Gasteiger partial charge in [-0.2, -0.15) is 4.98 Å². The van der Waals surface area contributed by atoms with Gasteiger partial charge in [-0.3, -0.25) is 0 Å². The average molecular weight is 312 g/mol. The highest BCUT2D eigenvalue weighted by Gasteiger charge is 2.18. The summed E-state index contributed by atoms with van der Waals surface area (Å²) in [5.41, 5.74) is 1.65. The highest BCUT2D eigenvalue weighted by Crippen LogP contribution is 2.26. The van der Waals surface area contributed by atoms with Gasteiger partial charge in [0.05, 0.1) is 6.61 Å². The molecule has 2 aromatic heterocycles. The maximum absolute atomic E-state index is 12.3. The number of rotatable bonds is 4. The first-order valence-electron chi connectivity index (χ1n) is 7.23. The Morgan fingerprint density at radius 2 is 1.91 bits per heavy atom. The number of nitrogens with zero attached hydrogens (tertiary/aromatic N) is 4. The SMILES string of the molecule is CCOc1ccccc1OC(=O)c1nc2nc(C)cc(C)n2n1. The van der Waals surface area contributed by atoms with Gasteiger partial charge in [-0.15, -0.1) is 5.10 Å². The topological polar surface area (TPSA) is 78.6 Å². The largest absolute Gasteiger partial charge is 0.490 e. The number of fused-ring (bicyclic) bond motifs is 1. The van der Waals surface area contributed by atoms with Crippen LogP contribution < -0.4 is 9.47 Å². The van der Waals surface area contributed by atoms with E-state index in [0.29, 0.717) is 23.9 Å². The minimum absolute atomic E-state index is 0.0440. The van der Waals surface area contributed by atoms with Crippen molar-refractivity contribution >= 4 is 11.7 Å². The number of carbonyl (C=O) groups excluding carboxylic acids is 1. The lowest BCUT2D eigenvalue weighted by molar-refractivity contribution is 0.0716. The number of benzene rings is 1. The molecule has 3 aromatic rings. The van der Waals surface area contributed by atoms with Gasteiger partial charge >= 0.3 is 5.97 Å². The number of ether oxygens (including phenoxy) is 2. The first kappa shape index (κ1) is 15.0. The summed E-state index contributed by atoms with van der Waals surface area (Å²) >= 11 is 0. The number of esters is 1. The van der Waals surface area contributed by atoms with Crippen LogP contribution in [-0.4, -0.2) is 32.2 Å². The van der Waals surface area contributed by atoms with Gasteiger partial charge in [-0.05, 0) is 39.0 Å². The molecule has 0 saturated carbocycles. The molecule has 3 rings (SSSR count). The van der Waals surface area contributed by atoms with Crippen molar-refractivity contribution in [3.05, 3.63) is 47.5 Å². The zero-order valence-corrected chi connectivity index (χ0v) is 13.1. The third kappa shape index (κ3) is 2.98. The van der Waals surface area contributed by atoms with Crippen LogP contribution in [0.5, 0.6) is 11.5 Å². The quantitative estimate of drug-likeness (QED) is 0.543. The highest BCUT2D eigenvalue weighted by atomic mass is 16.6. The number of hydrogen-bond donors (Lipinski definition) is 0. The van der Waals surface area contributed by atoms with E-state index < -0.39 is 5.97 Å². The van der Waals surface area contributed by atoms with Crippen LogP contribution in [0.2, 0.25) is 0 Å². The molecule has 0 radical (unpaired) electrons. The molecular weight excluding hydrogens is 296 g/mol. The standard InChI is InChI=1S/C16H16N4O3/c1-4-22-12-7-5-6-8-13(12)23-15(21)14-18-16-17-10(2)9-11(3)20(16)19-14/h5-9H,4H2,1-3H3. The van der Waals surface area contributed by atoms with Crippen LogP contribution in [-0.2, 0) is 0 Å². The van der Waals surface area contributed by atoms with Crippen molar-refractivity contribution in [3.8, 4) is 11.5 Å². The summed E-state index contributed by atoms with van der Waals surface area (Å²) < 4.78 is 12.3. The number of para-hydroxylation sites is 2. The van der Waals surface area contributed by atoms with Gasteiger partial charge in [-0.25, -0.2) is 14.3 Å². The van der Waals surface area contributed by atoms with Gasteiger partial charge in [0, 0.05) is 11.4 Å². The molecule has 0 saturated heterocycles. The van der Waals surface area contributed by atoms with E-state index in [0.717, 1.165) is 11.4 Å². The summed E-state index contributed by atoms with van der Waals surface area (Å²) in [5, 5.41) is 4.15. The van der Waals surface area contributed by atoms with Crippen molar-refractivity contribution in [2.24, 2.45) is 0 Å². The number of aromatic nitrogens is 4. The fourth-order valence-electron chi connectivity index (χ4n) is 2.21. The van der Waals surface area contributed by atoms with E-state index in [2.05, 4.69) is 15.1 Å². The summed E-state index contributed by atoms with van der Waals surface area (Å²) in [4.78, 5) is 20.7. The van der Waals surface area contributed by atoms with Crippen LogP contribution >= 0.6 is 0 Å². The predicted molar refractivity (Wildman–Crippen MR) is 82.8 cm³/mol. The van der Waals surface area contributed by atoms with E-state index in [1.807, 2.05) is 32.9 Å². The molecule has 1 aromatic carbocycles. The van der Waals surface area contributed by atoms with Crippen LogP contribution in [0.4, 0.5) is 0 Å². The van der Waals surface area contributed by atoms with Crippen LogP contribution in [0.25, 0.3) is 5.78 Å². The van der Waals surface area contributed by atoms with E-state index in [1.54, 1.807) is 18.2 Å². The zero-order valence-electron chi connectivity index (χ0n) is 13.1. The molecule has 0 N–H and O–H groups in total. The summed E-state index contributed by atoms with van der Waals surface area (Å²) in [6.45, 7) is 6.07. The van der Waals surface area contributed by atoms with E-state index >= 15 is 0 Å². The average Bonchev–Trinajstić information content (AvgIpc) is 2.94. The van der Waals surface area contributed by atoms with Crippen molar-refractivity contribution in [1.82, 2.24) is 19.6 Å². The molecule has 7 heteroatoms. The van der Waals surface area contributed by atoms with Crippen LogP contribution in [0.15, 0.2) is 30.3 Å². The van der Waals surface area contributed by atoms with E-state index in [1.165, 1.54) is 4.52 Å². The van der Waals surface area contributed by atoms with Crippen molar-refractivity contribution in [3.63, 3.8) is 0 Å². The van der Waals surface area contributed by atoms with Gasteiger partial charge in [0.1, 0.15) is 0 Å². The second-order valence-electron chi connectivity index (χ2n) is 4.96. The predicted octanol–water partition coefficient (Wildman–Crippen LogP) is 2.36. The molecule has 0 aliphatic rings. The molecular formula is C16H16N4O3. The van der Waals surface area contributed by atoms with Crippen molar-refractivity contribution < 1.29 is 14.3 Å². The Morgan fingerprint density at radius 1 is 1.17 bits per heavy atom. The summed E-state index contributed by atoms with van der Waals surface area (Å²) in [5.74, 6) is 0.501. The summed E-state index contributed by atoms with van der Waals surface area (Å²) in [6.07, 6.45) is 0. The van der Waals surface area contributed by atoms with Gasteiger partial charge < -0.3 is 9.47 Å². The fourth-order valence-corrected chi connectivity index (χ4v) is 2.21. The monoisotopic (exact) mass is 312 g/mol. The number of hydrogen-bond acceptors (Lipinski definition) is 6. The van der Waals surface area contributed by atoms with Gasteiger partial charge in [0.25, 0.3) is 11.6 Å². The molecule has 7 nitrogen and oxygen atoms in total. The smallest absolute Gasteiger partial charge is 0.383 e. The minimum Gasteiger partial charge on any atom is -0.490 e. The molecule has 23 heavy (non-hydrogen) atoms. The number of carbonyl (C=O) groups is 1. The Bertz CT molecular complexity index is 873.